The van der Waals surface area contributed by atoms with E-state index in [1.54, 1.807) is 0 Å². The minimum Gasteiger partial charge on any atom is -0.508 e. The number of anilines is 2. The highest BCUT2D eigenvalue weighted by molar-refractivity contribution is 6.05. The highest BCUT2D eigenvalue weighted by Gasteiger charge is 2.01. The van der Waals surface area contributed by atoms with Crippen LogP contribution in [0.25, 0.3) is 0 Å². The van der Waals surface area contributed by atoms with Crippen molar-refractivity contribution in [1.82, 2.24) is 0 Å². The van der Waals surface area contributed by atoms with Crippen molar-refractivity contribution < 1.29 is 29.7 Å². The van der Waals surface area contributed by atoms with Gasteiger partial charge in [-0.25, -0.2) is 0 Å². The lowest BCUT2D eigenvalue weighted by atomic mass is 10.2. The van der Waals surface area contributed by atoms with Crippen molar-refractivity contribution in [2.24, 2.45) is 5.73 Å². The first kappa shape index (κ1) is 24.0. The van der Waals surface area contributed by atoms with E-state index in [1.807, 2.05) is 0 Å². The van der Waals surface area contributed by atoms with E-state index in [4.69, 9.17) is 46.9 Å². The van der Waals surface area contributed by atoms with E-state index in [-0.39, 0.29) is 34.4 Å². The van der Waals surface area contributed by atoms with Crippen LogP contribution in [0, 0.1) is 0 Å². The monoisotopic (exact) mass is 383 g/mol. The molecule has 0 aliphatic heterocycles. The molecule has 24 heavy (non-hydrogen) atoms. The molecule has 0 aliphatic rings. The Balaban J connectivity index is 0. The summed E-state index contributed by atoms with van der Waals surface area (Å²) in [5.74, 6) is -0.237. The van der Waals surface area contributed by atoms with E-state index in [9.17, 15) is 0 Å². The lowest BCUT2D eigenvalue weighted by Gasteiger charge is -2.01. The third-order valence-corrected chi connectivity index (χ3v) is 2.37. The van der Waals surface area contributed by atoms with E-state index >= 15 is 0 Å². The highest BCUT2D eigenvalue weighted by atomic mass is 35.5. The number of benzene rings is 2. The third kappa shape index (κ3) is 8.98. The van der Waals surface area contributed by atoms with Gasteiger partial charge in [0.15, 0.2) is 0 Å². The predicted molar refractivity (Wildman–Crippen MR) is 92.4 cm³/mol. The van der Waals surface area contributed by atoms with Gasteiger partial charge in [-0.1, -0.05) is 0 Å². The first-order valence-electron chi connectivity index (χ1n) is 5.96. The molecule has 2 aromatic carbocycles. The molecule has 0 aliphatic carbocycles. The Bertz CT molecular complexity index is 546. The average molecular weight is 384 g/mol. The zero-order valence-corrected chi connectivity index (χ0v) is 13.8. The van der Waals surface area contributed by atoms with Crippen LogP contribution in [0.2, 0.25) is 0 Å². The molecule has 11 heteroatoms. The van der Waals surface area contributed by atoms with Crippen LogP contribution in [-0.2, 0) is 6.54 Å². The Morgan fingerprint density at radius 3 is 1.33 bits per heavy atom. The van der Waals surface area contributed by atoms with Crippen LogP contribution in [0.4, 0.5) is 11.4 Å². The van der Waals surface area contributed by atoms with Crippen molar-refractivity contribution in [3.63, 3.8) is 0 Å². The molecule has 0 aromatic heterocycles. The zero-order chi connectivity index (χ0) is 19.3. The van der Waals surface area contributed by atoms with Crippen molar-refractivity contribution in [3.05, 3.63) is 35.9 Å². The van der Waals surface area contributed by atoms with E-state index < -0.39 is 0 Å². The molecule has 0 saturated carbocycles. The number of nitrogen functional groups attached to an aromatic ring is 2. The number of hydrogen-bond acceptors (Lipinski definition) is 9. The van der Waals surface area contributed by atoms with Crippen molar-refractivity contribution >= 4 is 35.1 Å². The second-order valence-electron chi connectivity index (χ2n) is 4.03. The van der Waals surface area contributed by atoms with Crippen LogP contribution in [0.5, 0.6) is 23.0 Å². The maximum absolute atomic E-state index is 8.91. The summed E-state index contributed by atoms with van der Waals surface area (Å²) >= 11 is 7.28. The van der Waals surface area contributed by atoms with Crippen LogP contribution in [-0.4, -0.2) is 29.7 Å². The SMILES string of the molecule is NCc1cc(O)cc(O)c1.Nc1cc(N)c(O)cc1O.OCl.OCl. The highest BCUT2D eigenvalue weighted by Crippen LogP contribution is 2.30. The van der Waals surface area contributed by atoms with Gasteiger partial charge in [0.1, 0.15) is 23.0 Å². The molecule has 0 amide bonds. The number of hydrogen-bond donors (Lipinski definition) is 9. The molecular weight excluding hydrogens is 365 g/mol. The van der Waals surface area contributed by atoms with E-state index in [0.717, 1.165) is 11.6 Å². The van der Waals surface area contributed by atoms with Gasteiger partial charge in [-0.05, 0) is 23.8 Å². The summed E-state index contributed by atoms with van der Waals surface area (Å²) in [6.07, 6.45) is 0. The Labute approximate surface area is 148 Å². The second kappa shape index (κ2) is 13.2. The predicted octanol–water partition coefficient (Wildman–Crippen LogP) is 1.08. The van der Waals surface area contributed by atoms with Gasteiger partial charge in [-0.15, -0.1) is 0 Å². The molecule has 0 fully saturated rings. The second-order valence-corrected chi connectivity index (χ2v) is 4.03. The zero-order valence-electron chi connectivity index (χ0n) is 12.3. The van der Waals surface area contributed by atoms with Crippen molar-refractivity contribution in [1.29, 1.82) is 0 Å². The molecule has 9 nitrogen and oxygen atoms in total. The van der Waals surface area contributed by atoms with Crippen LogP contribution < -0.4 is 17.2 Å². The number of rotatable bonds is 1. The molecule has 0 unspecified atom stereocenters. The summed E-state index contributed by atoms with van der Waals surface area (Å²) in [6.45, 7) is 0.321. The standard InChI is InChI=1S/C7H9NO2.C6H8N2O2.2ClHO/c8-4-5-1-6(9)3-7(10)2-5;7-3-1-4(8)6(10)2-5(3)9;2*1-2/h1-3,9-10H,4,8H2;1-2,9-10H,7-8H2;2*2H. The molecule has 0 heterocycles. The van der Waals surface area contributed by atoms with Gasteiger partial charge in [-0.3, -0.25) is 9.32 Å². The van der Waals surface area contributed by atoms with Crippen LogP contribution in [0.3, 0.4) is 0 Å². The molecule has 0 bridgehead atoms. The molecule has 0 radical (unpaired) electrons. The van der Waals surface area contributed by atoms with E-state index in [2.05, 4.69) is 23.7 Å². The Kier molecular flexibility index (Phi) is 13.1. The third-order valence-electron chi connectivity index (χ3n) is 2.37. The van der Waals surface area contributed by atoms with E-state index in [1.165, 1.54) is 24.3 Å². The molecule has 12 N–H and O–H groups in total. The summed E-state index contributed by atoms with van der Waals surface area (Å²) in [5, 5.41) is 35.6. The van der Waals surface area contributed by atoms with Gasteiger partial charge in [0.2, 0.25) is 0 Å². The summed E-state index contributed by atoms with van der Waals surface area (Å²) in [7, 11) is 0. The van der Waals surface area contributed by atoms with Crippen molar-refractivity contribution in [2.45, 2.75) is 6.54 Å². The summed E-state index contributed by atoms with van der Waals surface area (Å²) in [6, 6.07) is 6.69. The summed E-state index contributed by atoms with van der Waals surface area (Å²) in [4.78, 5) is 0. The lowest BCUT2D eigenvalue weighted by Crippen LogP contribution is -1.94. The van der Waals surface area contributed by atoms with Gasteiger partial charge >= 0.3 is 0 Å². The first-order chi connectivity index (χ1) is 11.3. The van der Waals surface area contributed by atoms with Gasteiger partial charge < -0.3 is 37.6 Å². The van der Waals surface area contributed by atoms with Crippen LogP contribution in [0.1, 0.15) is 5.56 Å². The van der Waals surface area contributed by atoms with Gasteiger partial charge in [-0.2, -0.15) is 0 Å². The fourth-order valence-corrected chi connectivity index (χ4v) is 1.39. The van der Waals surface area contributed by atoms with Crippen LogP contribution in [0.15, 0.2) is 30.3 Å². The fraction of sp³-hybridized carbons (Fsp3) is 0.0769. The van der Waals surface area contributed by atoms with Gasteiger partial charge in [0.05, 0.1) is 35.1 Å². The number of aromatic hydroxyl groups is 4. The average Bonchev–Trinajstić information content (AvgIpc) is 2.56. The fourth-order valence-electron chi connectivity index (χ4n) is 1.39. The quantitative estimate of drug-likeness (QED) is 0.196. The maximum atomic E-state index is 8.91. The largest absolute Gasteiger partial charge is 0.508 e. The molecule has 0 atom stereocenters. The number of nitrogens with two attached hydrogens (primary N) is 3. The Morgan fingerprint density at radius 2 is 1.04 bits per heavy atom. The first-order valence-corrected chi connectivity index (χ1v) is 6.63. The minimum absolute atomic E-state index is 0.0421. The molecule has 2 aromatic rings. The smallest absolute Gasteiger partial charge is 0.142 e. The molecule has 136 valence electrons. The molecular formula is C13H19Cl2N3O6. The summed E-state index contributed by atoms with van der Waals surface area (Å²) in [5.41, 5.74) is 16.8. The van der Waals surface area contributed by atoms with E-state index in [0.29, 0.717) is 6.54 Å². The Morgan fingerprint density at radius 1 is 0.667 bits per heavy atom. The maximum Gasteiger partial charge on any atom is 0.142 e. The van der Waals surface area contributed by atoms with Crippen molar-refractivity contribution in [2.75, 3.05) is 11.5 Å². The number of halogens is 2. The van der Waals surface area contributed by atoms with Gasteiger partial charge in [0, 0.05) is 18.7 Å². The number of phenolic OH excluding ortho intramolecular Hbond substituents is 4. The van der Waals surface area contributed by atoms with Crippen LogP contribution >= 0.6 is 23.7 Å². The summed E-state index contributed by atoms with van der Waals surface area (Å²) < 4.78 is 12.9. The lowest BCUT2D eigenvalue weighted by molar-refractivity contribution is 0.449. The Hall–Kier alpha value is -2.30. The topological polar surface area (TPSA) is 199 Å². The van der Waals surface area contributed by atoms with Crippen molar-refractivity contribution in [3.8, 4) is 23.0 Å². The molecule has 0 saturated heterocycles. The minimum atomic E-state index is -0.160. The number of phenols is 4. The molecule has 0 spiro atoms. The molecule has 2 rings (SSSR count). The van der Waals surface area contributed by atoms with Gasteiger partial charge in [0.25, 0.3) is 0 Å². The normalized spacial score (nSPS) is 8.54.